The van der Waals surface area contributed by atoms with E-state index in [1.54, 1.807) is 0 Å². The van der Waals surface area contributed by atoms with Gasteiger partial charge in [-0.2, -0.15) is 0 Å². The predicted molar refractivity (Wildman–Crippen MR) is 156 cm³/mol. The van der Waals surface area contributed by atoms with E-state index in [0.29, 0.717) is 0 Å². The second-order valence-corrected chi connectivity index (χ2v) is 21.2. The Labute approximate surface area is 207 Å². The van der Waals surface area contributed by atoms with E-state index in [9.17, 15) is 0 Å². The minimum absolute atomic E-state index is 1.04. The summed E-state index contributed by atoms with van der Waals surface area (Å²) in [5, 5.41) is 2.99. The van der Waals surface area contributed by atoms with Gasteiger partial charge in [-0.3, -0.25) is 0 Å². The maximum absolute atomic E-state index is 3.31. The first-order valence-electron chi connectivity index (χ1n) is 12.0. The van der Waals surface area contributed by atoms with Crippen molar-refractivity contribution in [2.24, 2.45) is 0 Å². The van der Waals surface area contributed by atoms with Gasteiger partial charge in [0.05, 0.1) is 16.1 Å². The summed E-state index contributed by atoms with van der Waals surface area (Å²) in [5.74, 6) is 6.62. The van der Waals surface area contributed by atoms with E-state index >= 15 is 0 Å². The van der Waals surface area contributed by atoms with Crippen LogP contribution in [0.1, 0.15) is 11.1 Å². The first-order chi connectivity index (χ1) is 16.1. The molecule has 4 aromatic carbocycles. The molecule has 0 radical (unpaired) electrons. The van der Waals surface area contributed by atoms with Crippen LogP contribution < -0.4 is 10.4 Å². The first-order valence-corrected chi connectivity index (χ1v) is 19.0. The van der Waals surface area contributed by atoms with Crippen LogP contribution in [-0.4, -0.2) is 16.1 Å². The van der Waals surface area contributed by atoms with Crippen molar-refractivity contribution in [2.75, 3.05) is 0 Å². The highest BCUT2D eigenvalue weighted by molar-refractivity contribution is 6.89. The van der Waals surface area contributed by atoms with Crippen molar-refractivity contribution in [3.8, 4) is 34.1 Å². The van der Waals surface area contributed by atoms with Crippen molar-refractivity contribution < 1.29 is 0 Å². The van der Waals surface area contributed by atoms with E-state index in [1.807, 2.05) is 0 Å². The third-order valence-corrected chi connectivity index (χ3v) is 10.4. The molecule has 0 aliphatic rings. The van der Waals surface area contributed by atoms with E-state index in [0.717, 1.165) is 11.1 Å². The zero-order valence-electron chi connectivity index (χ0n) is 21.2. The molecule has 34 heavy (non-hydrogen) atoms. The Morgan fingerprint density at radius 3 is 0.824 bits per heavy atom. The van der Waals surface area contributed by atoms with Gasteiger partial charge in [-0.25, -0.2) is 0 Å². The number of hydrogen-bond acceptors (Lipinski definition) is 0. The lowest BCUT2D eigenvalue weighted by Gasteiger charge is -2.16. The van der Waals surface area contributed by atoms with E-state index in [1.165, 1.54) is 32.6 Å². The smallest absolute Gasteiger partial charge is 0.0656 e. The summed E-state index contributed by atoms with van der Waals surface area (Å²) in [6, 6.07) is 35.3. The van der Waals surface area contributed by atoms with Gasteiger partial charge in [0.1, 0.15) is 0 Å². The molecule has 0 aliphatic heterocycles. The second-order valence-electron chi connectivity index (χ2n) is 11.1. The van der Waals surface area contributed by atoms with Crippen molar-refractivity contribution in [1.29, 1.82) is 0 Å². The third-order valence-electron chi connectivity index (χ3n) is 6.29. The van der Waals surface area contributed by atoms with Gasteiger partial charge in [0, 0.05) is 11.1 Å². The molecule has 0 fully saturated rings. The van der Waals surface area contributed by atoms with Gasteiger partial charge in [-0.1, -0.05) is 134 Å². The molecule has 0 amide bonds. The van der Waals surface area contributed by atoms with Crippen LogP contribution in [0.25, 0.3) is 22.3 Å². The Morgan fingerprint density at radius 2 is 0.588 bits per heavy atom. The van der Waals surface area contributed by atoms with Gasteiger partial charge >= 0.3 is 0 Å². The molecule has 4 aromatic rings. The highest BCUT2D eigenvalue weighted by Gasteiger charge is 2.16. The molecule has 0 unspecified atom stereocenters. The maximum Gasteiger partial charge on any atom is 0.0775 e. The monoisotopic (exact) mass is 474 g/mol. The summed E-state index contributed by atoms with van der Waals surface area (Å²) >= 11 is 0. The summed E-state index contributed by atoms with van der Waals surface area (Å²) in [6.07, 6.45) is 0. The van der Waals surface area contributed by atoms with Crippen molar-refractivity contribution >= 4 is 26.5 Å². The summed E-state index contributed by atoms with van der Waals surface area (Å²) in [7, 11) is -2.52. The summed E-state index contributed by atoms with van der Waals surface area (Å²) in [6.45, 7) is 14.3. The highest BCUT2D eigenvalue weighted by atomic mass is 28.3. The standard InChI is InChI=1S/C32H34Si2/c1-33(2,3)31-21-17-29(18-22-31)27-13-9-25(10-14-27)7-8-26-11-15-28(16-12-26)30-19-23-32(24-20-30)34(4,5)6/h9-24H,1-6H3. The molecule has 0 N–H and O–H groups in total. The zero-order valence-corrected chi connectivity index (χ0v) is 23.2. The maximum atomic E-state index is 3.31. The van der Waals surface area contributed by atoms with Crippen LogP contribution in [0.3, 0.4) is 0 Å². The minimum atomic E-state index is -1.26. The molecule has 0 aliphatic carbocycles. The van der Waals surface area contributed by atoms with Gasteiger partial charge in [0.2, 0.25) is 0 Å². The molecule has 0 bridgehead atoms. The van der Waals surface area contributed by atoms with Crippen LogP contribution in [0.4, 0.5) is 0 Å². The summed E-state index contributed by atoms with van der Waals surface area (Å²) in [4.78, 5) is 0. The van der Waals surface area contributed by atoms with Gasteiger partial charge < -0.3 is 0 Å². The Morgan fingerprint density at radius 1 is 0.353 bits per heavy atom. The lowest BCUT2D eigenvalue weighted by molar-refractivity contribution is 1.58. The van der Waals surface area contributed by atoms with Crippen LogP contribution in [-0.2, 0) is 0 Å². The Balaban J connectivity index is 1.45. The molecule has 0 spiro atoms. The van der Waals surface area contributed by atoms with Crippen LogP contribution in [0.15, 0.2) is 97.1 Å². The topological polar surface area (TPSA) is 0 Å². The van der Waals surface area contributed by atoms with Crippen LogP contribution in [0.5, 0.6) is 0 Å². The van der Waals surface area contributed by atoms with Gasteiger partial charge in [0.25, 0.3) is 0 Å². The molecule has 2 heteroatoms. The molecule has 0 saturated heterocycles. The van der Waals surface area contributed by atoms with E-state index in [-0.39, 0.29) is 0 Å². The van der Waals surface area contributed by atoms with Gasteiger partial charge in [-0.15, -0.1) is 0 Å². The Kier molecular flexibility index (Phi) is 6.80. The molecule has 4 rings (SSSR count). The molecule has 0 atom stereocenters. The van der Waals surface area contributed by atoms with Crippen molar-refractivity contribution in [2.45, 2.75) is 39.3 Å². The summed E-state index contributed by atoms with van der Waals surface area (Å²) < 4.78 is 0. The van der Waals surface area contributed by atoms with Crippen molar-refractivity contribution in [1.82, 2.24) is 0 Å². The summed E-state index contributed by atoms with van der Waals surface area (Å²) in [5.41, 5.74) is 7.06. The fourth-order valence-corrected chi connectivity index (χ4v) is 6.30. The predicted octanol–water partition coefficient (Wildman–Crippen LogP) is 7.51. The average molecular weight is 475 g/mol. The number of rotatable bonds is 4. The molecule has 0 heterocycles. The van der Waals surface area contributed by atoms with E-state index in [2.05, 4.69) is 148 Å². The molecule has 170 valence electrons. The molecular formula is C32H34Si2. The van der Waals surface area contributed by atoms with Crippen molar-refractivity contribution in [3.05, 3.63) is 108 Å². The van der Waals surface area contributed by atoms with Crippen molar-refractivity contribution in [3.63, 3.8) is 0 Å². The molecule has 0 saturated carbocycles. The Bertz CT molecular complexity index is 1200. The van der Waals surface area contributed by atoms with Gasteiger partial charge in [0.15, 0.2) is 0 Å². The first kappa shape index (κ1) is 24.0. The second kappa shape index (κ2) is 9.62. The van der Waals surface area contributed by atoms with Gasteiger partial charge in [-0.05, 0) is 46.5 Å². The quantitative estimate of drug-likeness (QED) is 0.212. The normalized spacial score (nSPS) is 11.6. The van der Waals surface area contributed by atoms with E-state index < -0.39 is 16.1 Å². The minimum Gasteiger partial charge on any atom is -0.0656 e. The molecular weight excluding hydrogens is 441 g/mol. The highest BCUT2D eigenvalue weighted by Crippen LogP contribution is 2.21. The largest absolute Gasteiger partial charge is 0.0775 e. The number of benzene rings is 4. The van der Waals surface area contributed by atoms with Crippen LogP contribution in [0.2, 0.25) is 39.3 Å². The fraction of sp³-hybridized carbons (Fsp3) is 0.188. The molecule has 0 nitrogen and oxygen atoms in total. The molecule has 0 aromatic heterocycles. The van der Waals surface area contributed by atoms with Crippen LogP contribution >= 0.6 is 0 Å². The van der Waals surface area contributed by atoms with Crippen LogP contribution in [0, 0.1) is 11.8 Å². The lowest BCUT2D eigenvalue weighted by Crippen LogP contribution is -2.37. The number of hydrogen-bond donors (Lipinski definition) is 0. The fourth-order valence-electron chi connectivity index (χ4n) is 3.96. The Hall–Kier alpha value is -3.13. The zero-order chi connectivity index (χ0) is 24.3. The SMILES string of the molecule is C[Si](C)(C)c1ccc(-c2ccc(C#Cc3ccc(-c4ccc([Si](C)(C)C)cc4)cc3)cc2)cc1. The lowest BCUT2D eigenvalue weighted by atomic mass is 10.0. The average Bonchev–Trinajstić information content (AvgIpc) is 2.82. The third kappa shape index (κ3) is 5.86. The van der Waals surface area contributed by atoms with E-state index in [4.69, 9.17) is 0 Å².